The molecule has 2 rings (SSSR count). The molecule has 1 aliphatic heterocycles. The van der Waals surface area contributed by atoms with Crippen molar-refractivity contribution < 1.29 is 14.7 Å². The van der Waals surface area contributed by atoms with Crippen molar-refractivity contribution >= 4 is 11.9 Å². The number of nitrogens with one attached hydrogen (secondary N) is 1. The van der Waals surface area contributed by atoms with Gasteiger partial charge in [0.1, 0.15) is 6.04 Å². The number of piperidine rings is 1. The van der Waals surface area contributed by atoms with E-state index in [-0.39, 0.29) is 18.5 Å². The van der Waals surface area contributed by atoms with Gasteiger partial charge in [0.25, 0.3) is 0 Å². The van der Waals surface area contributed by atoms with E-state index in [0.717, 1.165) is 25.8 Å². The second-order valence-corrected chi connectivity index (χ2v) is 5.49. The number of amides is 1. The number of likely N-dealkylation sites (tertiary alicyclic amines) is 1. The highest BCUT2D eigenvalue weighted by molar-refractivity contribution is 5.81. The highest BCUT2D eigenvalue weighted by Gasteiger charge is 2.25. The largest absolute Gasteiger partial charge is 0.480 e. The molecule has 114 valence electrons. The average molecular weight is 290 g/mol. The van der Waals surface area contributed by atoms with Gasteiger partial charge in [-0.05, 0) is 31.7 Å². The van der Waals surface area contributed by atoms with Crippen LogP contribution in [0.15, 0.2) is 30.3 Å². The Bertz CT molecular complexity index is 490. The number of carbonyl (C=O) groups excluding carboxylic acids is 1. The smallest absolute Gasteiger partial charge is 0.325 e. The second kappa shape index (κ2) is 7.22. The second-order valence-electron chi connectivity index (χ2n) is 5.49. The van der Waals surface area contributed by atoms with Gasteiger partial charge in [-0.2, -0.15) is 0 Å². The van der Waals surface area contributed by atoms with Crippen LogP contribution in [0.5, 0.6) is 0 Å². The van der Waals surface area contributed by atoms with Crippen LogP contribution in [0.25, 0.3) is 0 Å². The summed E-state index contributed by atoms with van der Waals surface area (Å²) < 4.78 is 0. The highest BCUT2D eigenvalue weighted by atomic mass is 16.4. The van der Waals surface area contributed by atoms with E-state index in [1.807, 2.05) is 17.9 Å². The van der Waals surface area contributed by atoms with E-state index >= 15 is 0 Å². The zero-order valence-corrected chi connectivity index (χ0v) is 12.3. The third kappa shape index (κ3) is 4.04. The Labute approximate surface area is 125 Å². The van der Waals surface area contributed by atoms with Crippen molar-refractivity contribution in [3.05, 3.63) is 35.9 Å². The van der Waals surface area contributed by atoms with Gasteiger partial charge in [0.2, 0.25) is 5.91 Å². The molecule has 0 spiro atoms. The standard InChI is InChI=1S/C16H22N2O3/c1-12-7-5-6-10-18(12)14(19)11-17-15(16(20)21)13-8-3-2-4-9-13/h2-4,8-9,12,15,17H,5-7,10-11H2,1H3,(H,20,21). The van der Waals surface area contributed by atoms with E-state index in [9.17, 15) is 14.7 Å². The zero-order chi connectivity index (χ0) is 15.2. The van der Waals surface area contributed by atoms with Gasteiger partial charge >= 0.3 is 5.97 Å². The van der Waals surface area contributed by atoms with Crippen LogP contribution >= 0.6 is 0 Å². The van der Waals surface area contributed by atoms with Crippen LogP contribution in [-0.2, 0) is 9.59 Å². The number of hydrogen-bond acceptors (Lipinski definition) is 3. The molecular weight excluding hydrogens is 268 g/mol. The molecule has 1 amide bonds. The molecule has 1 aromatic carbocycles. The molecule has 1 fully saturated rings. The van der Waals surface area contributed by atoms with E-state index in [2.05, 4.69) is 5.32 Å². The molecule has 1 aromatic rings. The Balaban J connectivity index is 1.96. The van der Waals surface area contributed by atoms with Crippen molar-refractivity contribution in [2.75, 3.05) is 13.1 Å². The lowest BCUT2D eigenvalue weighted by Gasteiger charge is -2.33. The first-order chi connectivity index (χ1) is 10.1. The fourth-order valence-electron chi connectivity index (χ4n) is 2.75. The van der Waals surface area contributed by atoms with Gasteiger partial charge in [0, 0.05) is 12.6 Å². The van der Waals surface area contributed by atoms with Crippen molar-refractivity contribution in [3.8, 4) is 0 Å². The summed E-state index contributed by atoms with van der Waals surface area (Å²) in [6.07, 6.45) is 3.20. The van der Waals surface area contributed by atoms with Crippen LogP contribution in [0.4, 0.5) is 0 Å². The number of benzene rings is 1. The third-order valence-electron chi connectivity index (χ3n) is 3.96. The number of carboxylic acids is 1. The fraction of sp³-hybridized carbons (Fsp3) is 0.500. The van der Waals surface area contributed by atoms with Gasteiger partial charge in [-0.1, -0.05) is 30.3 Å². The lowest BCUT2D eigenvalue weighted by Crippen LogP contribution is -2.47. The van der Waals surface area contributed by atoms with Gasteiger partial charge in [-0.3, -0.25) is 14.9 Å². The first kappa shape index (κ1) is 15.5. The summed E-state index contributed by atoms with van der Waals surface area (Å²) in [6.45, 7) is 2.86. The normalized spacial score (nSPS) is 20.0. The van der Waals surface area contributed by atoms with Gasteiger partial charge < -0.3 is 10.0 Å². The maximum Gasteiger partial charge on any atom is 0.325 e. The molecule has 5 heteroatoms. The number of hydrogen-bond donors (Lipinski definition) is 2. The van der Waals surface area contributed by atoms with Crippen molar-refractivity contribution in [1.29, 1.82) is 0 Å². The molecule has 0 bridgehead atoms. The van der Waals surface area contributed by atoms with Crippen LogP contribution < -0.4 is 5.32 Å². The Hall–Kier alpha value is -1.88. The Morgan fingerprint density at radius 2 is 2.05 bits per heavy atom. The SMILES string of the molecule is CC1CCCCN1C(=O)CNC(C(=O)O)c1ccccc1. The van der Waals surface area contributed by atoms with Crippen LogP contribution in [-0.4, -0.2) is 41.0 Å². The van der Waals surface area contributed by atoms with E-state index in [1.165, 1.54) is 0 Å². The monoisotopic (exact) mass is 290 g/mol. The van der Waals surface area contributed by atoms with Crippen molar-refractivity contribution in [3.63, 3.8) is 0 Å². The summed E-state index contributed by atoms with van der Waals surface area (Å²) in [4.78, 5) is 25.5. The average Bonchev–Trinajstić information content (AvgIpc) is 2.48. The molecule has 1 saturated heterocycles. The molecule has 1 heterocycles. The third-order valence-corrected chi connectivity index (χ3v) is 3.96. The van der Waals surface area contributed by atoms with E-state index in [4.69, 9.17) is 0 Å². The highest BCUT2D eigenvalue weighted by Crippen LogP contribution is 2.17. The molecule has 0 saturated carbocycles. The van der Waals surface area contributed by atoms with E-state index in [1.54, 1.807) is 24.3 Å². The van der Waals surface area contributed by atoms with Crippen LogP contribution in [0.1, 0.15) is 37.8 Å². The Morgan fingerprint density at radius 3 is 2.67 bits per heavy atom. The molecule has 1 aliphatic rings. The molecule has 0 aliphatic carbocycles. The molecule has 5 nitrogen and oxygen atoms in total. The number of nitrogens with zero attached hydrogens (tertiary/aromatic N) is 1. The maximum absolute atomic E-state index is 12.2. The first-order valence-corrected chi connectivity index (χ1v) is 7.40. The van der Waals surface area contributed by atoms with Crippen LogP contribution in [0, 0.1) is 0 Å². The Morgan fingerprint density at radius 1 is 1.33 bits per heavy atom. The van der Waals surface area contributed by atoms with E-state index < -0.39 is 12.0 Å². The predicted octanol–water partition coefficient (Wildman–Crippen LogP) is 1.80. The fourth-order valence-corrected chi connectivity index (χ4v) is 2.75. The number of rotatable bonds is 5. The Kier molecular flexibility index (Phi) is 5.33. The van der Waals surface area contributed by atoms with Crippen molar-refractivity contribution in [1.82, 2.24) is 10.2 Å². The van der Waals surface area contributed by atoms with Gasteiger partial charge in [0.05, 0.1) is 6.54 Å². The zero-order valence-electron chi connectivity index (χ0n) is 12.3. The molecular formula is C16H22N2O3. The quantitative estimate of drug-likeness (QED) is 0.867. The molecule has 2 atom stereocenters. The lowest BCUT2D eigenvalue weighted by atomic mass is 10.0. The number of carboxylic acid groups (broad SMARTS) is 1. The lowest BCUT2D eigenvalue weighted by molar-refractivity contribution is -0.140. The summed E-state index contributed by atoms with van der Waals surface area (Å²) in [5.74, 6) is -0.995. The summed E-state index contributed by atoms with van der Waals surface area (Å²) >= 11 is 0. The van der Waals surface area contributed by atoms with Gasteiger partial charge in [-0.15, -0.1) is 0 Å². The minimum absolute atomic E-state index is 0.0237. The molecule has 2 unspecified atom stereocenters. The molecule has 2 N–H and O–H groups in total. The number of aliphatic carboxylic acids is 1. The molecule has 21 heavy (non-hydrogen) atoms. The topological polar surface area (TPSA) is 69.6 Å². The van der Waals surface area contributed by atoms with Gasteiger partial charge in [-0.25, -0.2) is 0 Å². The molecule has 0 radical (unpaired) electrons. The summed E-state index contributed by atoms with van der Waals surface area (Å²) in [5, 5.41) is 12.2. The maximum atomic E-state index is 12.2. The summed E-state index contributed by atoms with van der Waals surface area (Å²) in [6, 6.07) is 8.31. The van der Waals surface area contributed by atoms with Gasteiger partial charge in [0.15, 0.2) is 0 Å². The minimum atomic E-state index is -0.972. The molecule has 0 aromatic heterocycles. The van der Waals surface area contributed by atoms with Crippen LogP contribution in [0.2, 0.25) is 0 Å². The first-order valence-electron chi connectivity index (χ1n) is 7.40. The number of carbonyl (C=O) groups is 2. The van der Waals surface area contributed by atoms with E-state index in [0.29, 0.717) is 5.56 Å². The summed E-state index contributed by atoms with van der Waals surface area (Å²) in [5.41, 5.74) is 0.657. The summed E-state index contributed by atoms with van der Waals surface area (Å²) in [7, 11) is 0. The predicted molar refractivity (Wildman–Crippen MR) is 79.8 cm³/mol. The van der Waals surface area contributed by atoms with Crippen molar-refractivity contribution in [2.24, 2.45) is 0 Å². The van der Waals surface area contributed by atoms with Crippen molar-refractivity contribution in [2.45, 2.75) is 38.3 Å². The van der Waals surface area contributed by atoms with Crippen LogP contribution in [0.3, 0.4) is 0 Å². The minimum Gasteiger partial charge on any atom is -0.480 e.